The van der Waals surface area contributed by atoms with Crippen LogP contribution in [0.4, 0.5) is 0 Å². The molecule has 0 aromatic carbocycles. The molecule has 0 saturated carbocycles. The van der Waals surface area contributed by atoms with Gasteiger partial charge in [-0.25, -0.2) is 0 Å². The molecule has 0 amide bonds. The van der Waals surface area contributed by atoms with Gasteiger partial charge in [0, 0.05) is 0 Å². The van der Waals surface area contributed by atoms with Gasteiger partial charge >= 0.3 is 0 Å². The second kappa shape index (κ2) is 4.77. The molecule has 5 heteroatoms. The van der Waals surface area contributed by atoms with Gasteiger partial charge in [-0.15, -0.1) is 0 Å². The minimum Gasteiger partial charge on any atom is -0.376 e. The molecule has 0 aromatic rings. The Labute approximate surface area is 88.4 Å². The van der Waals surface area contributed by atoms with E-state index in [1.165, 1.54) is 0 Å². The summed E-state index contributed by atoms with van der Waals surface area (Å²) in [7, 11) is 0. The molecule has 3 aliphatic rings. The molecular formula is C9H15ClO4. The highest BCUT2D eigenvalue weighted by atomic mass is 35.5. The topological polar surface area (TPSA) is 46.8 Å². The monoisotopic (exact) mass is 222 g/mol. The number of epoxide rings is 3. The smallest absolute Gasteiger partial charge is 0.157 e. The molecule has 4 unspecified atom stereocenters. The molecule has 0 aromatic heterocycles. The fraction of sp³-hybridized carbons (Fsp3) is 1.00. The Kier molecular flexibility index (Phi) is 3.62. The Bertz CT molecular complexity index is 164. The van der Waals surface area contributed by atoms with Gasteiger partial charge in [0.15, 0.2) is 5.56 Å². The quantitative estimate of drug-likeness (QED) is 0.521. The van der Waals surface area contributed by atoms with Gasteiger partial charge in [0.2, 0.25) is 0 Å². The van der Waals surface area contributed by atoms with Crippen LogP contribution < -0.4 is 0 Å². The summed E-state index contributed by atoms with van der Waals surface area (Å²) in [5.74, 6) is 0. The molecule has 3 aliphatic heterocycles. The van der Waals surface area contributed by atoms with Gasteiger partial charge in [0.25, 0.3) is 0 Å². The van der Waals surface area contributed by atoms with E-state index in [1.54, 1.807) is 0 Å². The minimum absolute atomic E-state index is 0.0231. The molecule has 0 aliphatic carbocycles. The first-order chi connectivity index (χ1) is 6.75. The normalized spacial score (nSPS) is 42.4. The van der Waals surface area contributed by atoms with Crippen molar-refractivity contribution >= 4 is 11.6 Å². The fourth-order valence-electron chi connectivity index (χ4n) is 0.819. The van der Waals surface area contributed by atoms with E-state index in [4.69, 9.17) is 25.8 Å². The number of alkyl halides is 1. The molecule has 3 heterocycles. The van der Waals surface area contributed by atoms with Gasteiger partial charge in [-0.2, -0.15) is 0 Å². The van der Waals surface area contributed by atoms with Crippen LogP contribution in [-0.2, 0) is 18.9 Å². The van der Waals surface area contributed by atoms with Crippen molar-refractivity contribution in [1.82, 2.24) is 0 Å². The van der Waals surface area contributed by atoms with Gasteiger partial charge in [0.05, 0.1) is 32.5 Å². The van der Waals surface area contributed by atoms with Crippen molar-refractivity contribution in [3.8, 4) is 0 Å². The Balaban J connectivity index is 0.000000128. The lowest BCUT2D eigenvalue weighted by Gasteiger charge is -1.95. The van der Waals surface area contributed by atoms with Crippen molar-refractivity contribution in [1.29, 1.82) is 0 Å². The van der Waals surface area contributed by atoms with Crippen LogP contribution in [0, 0.1) is 0 Å². The van der Waals surface area contributed by atoms with Gasteiger partial charge in [-0.3, -0.25) is 0 Å². The summed E-state index contributed by atoms with van der Waals surface area (Å²) in [5.41, 5.74) is 0.0231. The molecule has 0 N–H and O–H groups in total. The summed E-state index contributed by atoms with van der Waals surface area (Å²) in [6.45, 7) is 5.20. The van der Waals surface area contributed by atoms with Crippen LogP contribution in [0.2, 0.25) is 0 Å². The third-order valence-corrected chi connectivity index (χ3v) is 2.51. The summed E-state index contributed by atoms with van der Waals surface area (Å²) in [5, 5.41) is 0. The zero-order valence-electron chi connectivity index (χ0n) is 8.15. The maximum atomic E-state index is 5.31. The van der Waals surface area contributed by atoms with Crippen molar-refractivity contribution in [3.05, 3.63) is 0 Å². The Morgan fingerprint density at radius 3 is 1.79 bits per heavy atom. The Morgan fingerprint density at radius 1 is 1.21 bits per heavy atom. The lowest BCUT2D eigenvalue weighted by molar-refractivity contribution is 0.102. The number of hydrogen-bond acceptors (Lipinski definition) is 4. The predicted octanol–water partition coefficient (Wildman–Crippen LogP) is 0.771. The average molecular weight is 223 g/mol. The first-order valence-electron chi connectivity index (χ1n) is 4.86. The highest BCUT2D eigenvalue weighted by Gasteiger charge is 2.31. The highest BCUT2D eigenvalue weighted by molar-refractivity contribution is 6.21. The second-order valence-corrected chi connectivity index (χ2v) is 4.07. The summed E-state index contributed by atoms with van der Waals surface area (Å²) >= 11 is 5.31. The van der Waals surface area contributed by atoms with E-state index in [1.807, 2.05) is 6.92 Å². The predicted molar refractivity (Wildman–Crippen MR) is 50.5 cm³/mol. The van der Waals surface area contributed by atoms with Gasteiger partial charge in [0.1, 0.15) is 12.2 Å². The third-order valence-electron chi connectivity index (χ3n) is 2.05. The molecule has 0 bridgehead atoms. The molecule has 3 saturated heterocycles. The van der Waals surface area contributed by atoms with Crippen molar-refractivity contribution in [3.63, 3.8) is 0 Å². The number of ether oxygens (including phenoxy) is 4. The standard InChI is InChI=1S/C6H10O3.C3H5ClO/c1(5-3-8-5)7-2-6-4-9-6;1-2-3(4)5-2/h5-6H,1-4H2;2-3H,1H3. The molecule has 82 valence electrons. The Morgan fingerprint density at radius 2 is 1.57 bits per heavy atom. The van der Waals surface area contributed by atoms with Gasteiger partial charge in [-0.1, -0.05) is 11.6 Å². The van der Waals surface area contributed by atoms with Gasteiger partial charge in [-0.05, 0) is 6.92 Å². The molecule has 4 atom stereocenters. The van der Waals surface area contributed by atoms with Crippen molar-refractivity contribution in [2.24, 2.45) is 0 Å². The van der Waals surface area contributed by atoms with Crippen molar-refractivity contribution < 1.29 is 18.9 Å². The molecule has 0 spiro atoms. The van der Waals surface area contributed by atoms with E-state index in [0.717, 1.165) is 26.4 Å². The average Bonchev–Trinajstić information content (AvgIpc) is 2.92. The second-order valence-electron chi connectivity index (χ2n) is 3.64. The van der Waals surface area contributed by atoms with E-state index in [9.17, 15) is 0 Å². The SMILES string of the molecule is C(OCC1CO1)C1CO1.CC1OC1Cl. The number of halogens is 1. The lowest BCUT2D eigenvalue weighted by Crippen LogP contribution is -2.06. The van der Waals surface area contributed by atoms with Crippen LogP contribution in [0.3, 0.4) is 0 Å². The summed E-state index contributed by atoms with van der Waals surface area (Å²) in [4.78, 5) is 0. The third kappa shape index (κ3) is 4.57. The van der Waals surface area contributed by atoms with E-state index in [0.29, 0.717) is 18.3 Å². The van der Waals surface area contributed by atoms with Crippen LogP contribution in [0.1, 0.15) is 6.92 Å². The van der Waals surface area contributed by atoms with Crippen LogP contribution in [-0.4, -0.2) is 50.3 Å². The lowest BCUT2D eigenvalue weighted by atomic mass is 10.5. The maximum absolute atomic E-state index is 5.31. The zero-order chi connectivity index (χ0) is 9.97. The number of hydrogen-bond donors (Lipinski definition) is 0. The van der Waals surface area contributed by atoms with E-state index in [2.05, 4.69) is 4.74 Å². The molecule has 14 heavy (non-hydrogen) atoms. The molecule has 4 nitrogen and oxygen atoms in total. The van der Waals surface area contributed by atoms with Gasteiger partial charge < -0.3 is 18.9 Å². The molecule has 3 rings (SSSR count). The summed E-state index contributed by atoms with van der Waals surface area (Å²) in [6.07, 6.45) is 1.10. The minimum atomic E-state index is 0.0231. The van der Waals surface area contributed by atoms with Crippen LogP contribution >= 0.6 is 11.6 Å². The van der Waals surface area contributed by atoms with E-state index < -0.39 is 0 Å². The summed E-state index contributed by atoms with van der Waals surface area (Å²) < 4.78 is 19.8. The first kappa shape index (κ1) is 10.6. The molecule has 0 radical (unpaired) electrons. The molecule has 3 fully saturated rings. The first-order valence-corrected chi connectivity index (χ1v) is 5.30. The van der Waals surface area contributed by atoms with E-state index >= 15 is 0 Å². The fourth-order valence-corrected chi connectivity index (χ4v) is 0.981. The maximum Gasteiger partial charge on any atom is 0.157 e. The number of rotatable bonds is 4. The zero-order valence-corrected chi connectivity index (χ0v) is 8.90. The van der Waals surface area contributed by atoms with Crippen LogP contribution in [0.5, 0.6) is 0 Å². The highest BCUT2D eigenvalue weighted by Crippen LogP contribution is 2.23. The summed E-state index contributed by atoms with van der Waals surface area (Å²) in [6, 6.07) is 0. The molecular weight excluding hydrogens is 208 g/mol. The van der Waals surface area contributed by atoms with Crippen LogP contribution in [0.25, 0.3) is 0 Å². The van der Waals surface area contributed by atoms with Crippen molar-refractivity contribution in [2.75, 3.05) is 26.4 Å². The Hall–Kier alpha value is 0.130. The van der Waals surface area contributed by atoms with Crippen molar-refractivity contribution in [2.45, 2.75) is 30.8 Å². The largest absolute Gasteiger partial charge is 0.376 e. The van der Waals surface area contributed by atoms with E-state index in [-0.39, 0.29) is 5.56 Å². The van der Waals surface area contributed by atoms with Crippen LogP contribution in [0.15, 0.2) is 0 Å².